The van der Waals surface area contributed by atoms with Crippen molar-refractivity contribution < 1.29 is 13.9 Å². The molecule has 0 saturated carbocycles. The van der Waals surface area contributed by atoms with Crippen molar-refractivity contribution >= 4 is 5.97 Å². The Bertz CT molecular complexity index is 395. The molecule has 0 saturated heterocycles. The summed E-state index contributed by atoms with van der Waals surface area (Å²) in [6.45, 7) is 3.33. The Kier molecular flexibility index (Phi) is 4.04. The van der Waals surface area contributed by atoms with Crippen LogP contribution in [-0.4, -0.2) is 17.1 Å². The van der Waals surface area contributed by atoms with Gasteiger partial charge in [-0.3, -0.25) is 0 Å². The van der Waals surface area contributed by atoms with Gasteiger partial charge in [-0.2, -0.15) is 9.50 Å². The van der Waals surface area contributed by atoms with Crippen LogP contribution in [0.25, 0.3) is 0 Å². The number of carbonyl (C=O) groups excluding carboxylic acids is 1. The largest absolute Gasteiger partial charge is 0.461 e. The summed E-state index contributed by atoms with van der Waals surface area (Å²) in [5.41, 5.74) is 6.85. The molecule has 0 fully saturated rings. The van der Waals surface area contributed by atoms with Crippen LogP contribution in [-0.2, 0) is 9.53 Å². The highest BCUT2D eigenvalue weighted by molar-refractivity contribution is 5.77. The summed E-state index contributed by atoms with van der Waals surface area (Å²) in [6.07, 6.45) is 0.921. The third-order valence-electron chi connectivity index (χ3n) is 1.79. The molecule has 0 aliphatic heterocycles. The molecular formula is C10H12FN3O2. The third-order valence-corrected chi connectivity index (χ3v) is 1.79. The van der Waals surface area contributed by atoms with Crippen LogP contribution < -0.4 is 0 Å². The van der Waals surface area contributed by atoms with Crippen LogP contribution >= 0.6 is 0 Å². The van der Waals surface area contributed by atoms with Crippen molar-refractivity contribution in [3.8, 4) is 0 Å². The number of nitrogens with zero attached hydrogens (tertiary/aromatic N) is 2. The van der Waals surface area contributed by atoms with Crippen LogP contribution in [0.15, 0.2) is 23.4 Å². The lowest BCUT2D eigenvalue weighted by Gasteiger charge is -2.13. The first kappa shape index (κ1) is 12.2. The molecule has 1 unspecified atom stereocenters. The van der Waals surface area contributed by atoms with Gasteiger partial charge >= 0.3 is 5.97 Å². The maximum absolute atomic E-state index is 13.3. The first-order chi connectivity index (χ1) is 7.56. The summed E-state index contributed by atoms with van der Waals surface area (Å²) < 4.78 is 18.1. The fraction of sp³-hybridized carbons (Fsp3) is 0.400. The van der Waals surface area contributed by atoms with E-state index in [9.17, 15) is 9.18 Å². The molecule has 1 aromatic heterocycles. The van der Waals surface area contributed by atoms with Crippen molar-refractivity contribution in [2.45, 2.75) is 26.0 Å². The summed E-state index contributed by atoms with van der Waals surface area (Å²) >= 11 is 0. The fourth-order valence-corrected chi connectivity index (χ4v) is 1.15. The molecule has 0 aliphatic rings. The van der Waals surface area contributed by atoms with Crippen LogP contribution in [0, 0.1) is 11.5 Å². The standard InChI is InChI=1S/C10H12FN3O2/c1-6(2)16-10(15)8(14-12)7-4-3-5-13-9(7)11/h3-6,8,12H,1-2H3. The molecule has 5 nitrogen and oxygen atoms in total. The highest BCUT2D eigenvalue weighted by atomic mass is 19.1. The second kappa shape index (κ2) is 5.29. The molecule has 1 N–H and O–H groups in total. The highest BCUT2D eigenvalue weighted by Gasteiger charge is 2.25. The van der Waals surface area contributed by atoms with Gasteiger partial charge in [-0.15, -0.1) is 0 Å². The second-order valence-corrected chi connectivity index (χ2v) is 3.40. The van der Waals surface area contributed by atoms with E-state index in [4.69, 9.17) is 10.3 Å². The molecular weight excluding hydrogens is 213 g/mol. The molecule has 1 rings (SSSR count). The van der Waals surface area contributed by atoms with E-state index in [0.29, 0.717) is 0 Å². The zero-order valence-corrected chi connectivity index (χ0v) is 8.98. The average molecular weight is 225 g/mol. The fourth-order valence-electron chi connectivity index (χ4n) is 1.15. The smallest absolute Gasteiger partial charge is 0.337 e. The summed E-state index contributed by atoms with van der Waals surface area (Å²) in [4.78, 5) is 14.9. The number of ether oxygens (including phenoxy) is 1. The first-order valence-electron chi connectivity index (χ1n) is 4.73. The maximum atomic E-state index is 13.3. The normalized spacial score (nSPS) is 12.2. The van der Waals surface area contributed by atoms with Crippen molar-refractivity contribution in [2.75, 3.05) is 0 Å². The molecule has 16 heavy (non-hydrogen) atoms. The van der Waals surface area contributed by atoms with Gasteiger partial charge in [0.15, 0.2) is 6.04 Å². The van der Waals surface area contributed by atoms with E-state index in [1.165, 1.54) is 18.3 Å². The lowest BCUT2D eigenvalue weighted by molar-refractivity contribution is -0.149. The lowest BCUT2D eigenvalue weighted by atomic mass is 10.1. The SMILES string of the molecule is CC(C)OC(=O)C(N=N)c1cccnc1F. The van der Waals surface area contributed by atoms with Crippen molar-refractivity contribution in [1.29, 1.82) is 5.53 Å². The molecule has 0 spiro atoms. The first-order valence-corrected chi connectivity index (χ1v) is 4.73. The Morgan fingerprint density at radius 3 is 2.81 bits per heavy atom. The van der Waals surface area contributed by atoms with Crippen molar-refractivity contribution in [3.63, 3.8) is 0 Å². The van der Waals surface area contributed by atoms with Crippen LogP contribution in [0.5, 0.6) is 0 Å². The molecule has 6 heteroatoms. The Balaban J connectivity index is 2.95. The Morgan fingerprint density at radius 1 is 1.62 bits per heavy atom. The Labute approximate surface area is 92.2 Å². The van der Waals surface area contributed by atoms with Gasteiger partial charge < -0.3 is 4.74 Å². The highest BCUT2D eigenvalue weighted by Crippen LogP contribution is 2.21. The van der Waals surface area contributed by atoms with Crippen molar-refractivity contribution in [3.05, 3.63) is 29.8 Å². The van der Waals surface area contributed by atoms with Gasteiger partial charge in [0.2, 0.25) is 5.95 Å². The summed E-state index contributed by atoms with van der Waals surface area (Å²) in [7, 11) is 0. The number of rotatable bonds is 4. The van der Waals surface area contributed by atoms with E-state index >= 15 is 0 Å². The minimum absolute atomic E-state index is 0.0526. The van der Waals surface area contributed by atoms with Gasteiger partial charge in [0.25, 0.3) is 0 Å². The van der Waals surface area contributed by atoms with E-state index in [-0.39, 0.29) is 11.7 Å². The van der Waals surface area contributed by atoms with Crippen molar-refractivity contribution in [2.24, 2.45) is 5.11 Å². The lowest BCUT2D eigenvalue weighted by Crippen LogP contribution is -2.19. The zero-order valence-electron chi connectivity index (χ0n) is 8.98. The van der Waals surface area contributed by atoms with Crippen LogP contribution in [0.1, 0.15) is 25.5 Å². The molecule has 1 heterocycles. The monoisotopic (exact) mass is 225 g/mol. The van der Waals surface area contributed by atoms with Crippen LogP contribution in [0.4, 0.5) is 4.39 Å². The van der Waals surface area contributed by atoms with E-state index in [1.807, 2.05) is 0 Å². The minimum Gasteiger partial charge on any atom is -0.461 e. The van der Waals surface area contributed by atoms with E-state index in [0.717, 1.165) is 0 Å². The Morgan fingerprint density at radius 2 is 2.31 bits per heavy atom. The second-order valence-electron chi connectivity index (χ2n) is 3.40. The number of pyridine rings is 1. The molecule has 1 atom stereocenters. The van der Waals surface area contributed by atoms with Gasteiger partial charge in [-0.05, 0) is 19.9 Å². The van der Waals surface area contributed by atoms with E-state index < -0.39 is 18.0 Å². The quantitative estimate of drug-likeness (QED) is 0.485. The van der Waals surface area contributed by atoms with Crippen LogP contribution in [0.2, 0.25) is 0 Å². The molecule has 0 amide bonds. The molecule has 1 aromatic rings. The number of hydrogen-bond acceptors (Lipinski definition) is 5. The number of esters is 1. The molecule has 0 radical (unpaired) electrons. The summed E-state index contributed by atoms with van der Waals surface area (Å²) in [5, 5.41) is 3.07. The number of halogens is 1. The van der Waals surface area contributed by atoms with Gasteiger partial charge in [0, 0.05) is 11.8 Å². The number of carbonyl (C=O) groups is 1. The van der Waals surface area contributed by atoms with E-state index in [1.54, 1.807) is 13.8 Å². The van der Waals surface area contributed by atoms with E-state index in [2.05, 4.69) is 10.1 Å². The zero-order chi connectivity index (χ0) is 12.1. The average Bonchev–Trinajstić information content (AvgIpc) is 2.20. The number of nitrogens with one attached hydrogen (secondary N) is 1. The topological polar surface area (TPSA) is 75.4 Å². The number of aromatic nitrogens is 1. The van der Waals surface area contributed by atoms with Crippen LogP contribution in [0.3, 0.4) is 0 Å². The van der Waals surface area contributed by atoms with Gasteiger partial charge in [-0.25, -0.2) is 15.3 Å². The number of hydrogen-bond donors (Lipinski definition) is 1. The molecule has 0 aliphatic carbocycles. The van der Waals surface area contributed by atoms with Gasteiger partial charge in [0.05, 0.1) is 6.10 Å². The predicted octanol–water partition coefficient (Wildman–Crippen LogP) is 2.24. The molecule has 0 aromatic carbocycles. The predicted molar refractivity (Wildman–Crippen MR) is 53.3 cm³/mol. The summed E-state index contributed by atoms with van der Waals surface area (Å²) in [6, 6.07) is 1.54. The maximum Gasteiger partial charge on any atom is 0.337 e. The third kappa shape index (κ3) is 2.82. The molecule has 0 bridgehead atoms. The minimum atomic E-state index is -1.28. The molecule has 86 valence electrons. The van der Waals surface area contributed by atoms with Gasteiger partial charge in [-0.1, -0.05) is 6.07 Å². The Hall–Kier alpha value is -1.85. The van der Waals surface area contributed by atoms with Gasteiger partial charge in [0.1, 0.15) is 0 Å². The summed E-state index contributed by atoms with van der Waals surface area (Å²) in [5.74, 6) is -1.57. The van der Waals surface area contributed by atoms with Crippen molar-refractivity contribution in [1.82, 2.24) is 4.98 Å².